The number of rotatable bonds is 6. The highest BCUT2D eigenvalue weighted by molar-refractivity contribution is 9.10. The maximum absolute atomic E-state index is 11.1. The quantitative estimate of drug-likeness (QED) is 0.827. The molecule has 0 saturated carbocycles. The van der Waals surface area contributed by atoms with Gasteiger partial charge in [-0.1, -0.05) is 0 Å². The smallest absolute Gasteiger partial charge is 0.309 e. The number of halogens is 1. The van der Waals surface area contributed by atoms with Gasteiger partial charge in [-0.05, 0) is 48.3 Å². The van der Waals surface area contributed by atoms with Gasteiger partial charge in [0.1, 0.15) is 16.0 Å². The van der Waals surface area contributed by atoms with Gasteiger partial charge in [-0.2, -0.15) is 0 Å². The molecule has 0 aliphatic rings. The van der Waals surface area contributed by atoms with E-state index in [1.54, 1.807) is 26.0 Å². The summed E-state index contributed by atoms with van der Waals surface area (Å²) in [7, 11) is 3.02. The van der Waals surface area contributed by atoms with Gasteiger partial charge in [0.05, 0.1) is 25.7 Å². The summed E-state index contributed by atoms with van der Waals surface area (Å²) in [6, 6.07) is 3.37. The average molecular weight is 347 g/mol. The van der Waals surface area contributed by atoms with Crippen molar-refractivity contribution >= 4 is 21.9 Å². The Morgan fingerprint density at radius 1 is 1.35 bits per heavy atom. The Labute approximate surface area is 126 Å². The van der Waals surface area contributed by atoms with Crippen LogP contribution in [-0.4, -0.2) is 30.4 Å². The number of carboxylic acids is 1. The largest absolute Gasteiger partial charge is 0.495 e. The van der Waals surface area contributed by atoms with Crippen molar-refractivity contribution in [2.45, 2.75) is 26.4 Å². The molecule has 0 bridgehead atoms. The lowest BCUT2D eigenvalue weighted by Gasteiger charge is -2.24. The third-order valence-electron chi connectivity index (χ3n) is 3.16. The van der Waals surface area contributed by atoms with Crippen LogP contribution in [-0.2, 0) is 4.79 Å². The Morgan fingerprint density at radius 2 is 1.95 bits per heavy atom. The highest BCUT2D eigenvalue weighted by atomic mass is 79.9. The summed E-state index contributed by atoms with van der Waals surface area (Å²) in [5.41, 5.74) is -0.508. The molecule has 1 aromatic rings. The second-order valence-corrected chi connectivity index (χ2v) is 5.91. The van der Waals surface area contributed by atoms with Crippen molar-refractivity contribution in [3.8, 4) is 11.5 Å². The van der Waals surface area contributed by atoms with Gasteiger partial charge in [0, 0.05) is 5.56 Å². The fourth-order valence-electron chi connectivity index (χ4n) is 1.86. The molecule has 112 valence electrons. The molecule has 0 amide bonds. The van der Waals surface area contributed by atoms with Crippen LogP contribution < -0.4 is 9.47 Å². The summed E-state index contributed by atoms with van der Waals surface area (Å²) in [5.74, 6) is 0.0661. The van der Waals surface area contributed by atoms with Crippen molar-refractivity contribution in [1.82, 2.24) is 0 Å². The van der Waals surface area contributed by atoms with E-state index < -0.39 is 17.5 Å². The van der Waals surface area contributed by atoms with E-state index in [1.165, 1.54) is 14.2 Å². The van der Waals surface area contributed by atoms with E-state index in [0.29, 0.717) is 21.5 Å². The summed E-state index contributed by atoms with van der Waals surface area (Å²) >= 11 is 3.35. The third kappa shape index (κ3) is 3.43. The highest BCUT2D eigenvalue weighted by Crippen LogP contribution is 2.42. The Hall–Kier alpha value is -1.27. The van der Waals surface area contributed by atoms with Crippen LogP contribution in [0.1, 0.15) is 31.9 Å². The second-order valence-electron chi connectivity index (χ2n) is 5.11. The van der Waals surface area contributed by atoms with Crippen molar-refractivity contribution in [3.63, 3.8) is 0 Å². The van der Waals surface area contributed by atoms with Gasteiger partial charge in [-0.15, -0.1) is 0 Å². The number of benzene rings is 1. The predicted molar refractivity (Wildman–Crippen MR) is 78.2 cm³/mol. The minimum atomic E-state index is -1.03. The Morgan fingerprint density at radius 3 is 2.40 bits per heavy atom. The molecule has 0 radical (unpaired) electrons. The van der Waals surface area contributed by atoms with Crippen LogP contribution in [0.4, 0.5) is 0 Å². The number of carbonyl (C=O) groups is 1. The van der Waals surface area contributed by atoms with Gasteiger partial charge >= 0.3 is 5.97 Å². The SMILES string of the molecule is COc1ccc(C(O)CC(C)(C)C(=O)O)c(OC)c1Br. The lowest BCUT2D eigenvalue weighted by molar-refractivity contribution is -0.148. The van der Waals surface area contributed by atoms with E-state index in [2.05, 4.69) is 15.9 Å². The first kappa shape index (κ1) is 16.8. The van der Waals surface area contributed by atoms with E-state index in [1.807, 2.05) is 0 Å². The molecular formula is C14H19BrO5. The number of aliphatic hydroxyl groups excluding tert-OH is 1. The number of ether oxygens (including phenoxy) is 2. The normalized spacial score (nSPS) is 12.9. The zero-order chi connectivity index (χ0) is 15.5. The summed E-state index contributed by atoms with van der Waals surface area (Å²) in [4.78, 5) is 11.1. The summed E-state index contributed by atoms with van der Waals surface area (Å²) < 4.78 is 11.0. The first-order valence-corrected chi connectivity index (χ1v) is 6.85. The standard InChI is InChI=1S/C14H19BrO5/c1-14(2,13(17)18)7-9(16)8-5-6-10(19-3)11(15)12(8)20-4/h5-6,9,16H,7H2,1-4H3,(H,17,18). The van der Waals surface area contributed by atoms with E-state index in [4.69, 9.17) is 14.6 Å². The topological polar surface area (TPSA) is 76.0 Å². The van der Waals surface area contributed by atoms with Gasteiger partial charge in [0.25, 0.3) is 0 Å². The molecule has 0 aliphatic heterocycles. The fraction of sp³-hybridized carbons (Fsp3) is 0.500. The summed E-state index contributed by atoms with van der Waals surface area (Å²) in [6.07, 6.45) is -0.865. The second kappa shape index (κ2) is 6.45. The zero-order valence-corrected chi connectivity index (χ0v) is 13.5. The van der Waals surface area contributed by atoms with Gasteiger partial charge in [-0.25, -0.2) is 0 Å². The minimum Gasteiger partial charge on any atom is -0.495 e. The molecule has 1 unspecified atom stereocenters. The molecule has 0 saturated heterocycles. The van der Waals surface area contributed by atoms with Crippen molar-refractivity contribution in [1.29, 1.82) is 0 Å². The molecule has 1 atom stereocenters. The zero-order valence-electron chi connectivity index (χ0n) is 11.9. The van der Waals surface area contributed by atoms with E-state index in [-0.39, 0.29) is 6.42 Å². The molecule has 0 spiro atoms. The molecular weight excluding hydrogens is 328 g/mol. The van der Waals surface area contributed by atoms with Crippen LogP contribution >= 0.6 is 15.9 Å². The average Bonchev–Trinajstić information content (AvgIpc) is 2.37. The summed E-state index contributed by atoms with van der Waals surface area (Å²) in [6.45, 7) is 3.15. The lowest BCUT2D eigenvalue weighted by Crippen LogP contribution is -2.26. The predicted octanol–water partition coefficient (Wildman–Crippen LogP) is 3.00. The Bertz CT molecular complexity index is 499. The molecule has 0 heterocycles. The van der Waals surface area contributed by atoms with Crippen molar-refractivity contribution in [2.75, 3.05) is 14.2 Å². The Balaban J connectivity index is 3.14. The van der Waals surface area contributed by atoms with Crippen LogP contribution in [0, 0.1) is 5.41 Å². The molecule has 1 rings (SSSR count). The van der Waals surface area contributed by atoms with Crippen LogP contribution in [0.15, 0.2) is 16.6 Å². The Kier molecular flexibility index (Phi) is 5.42. The third-order valence-corrected chi connectivity index (χ3v) is 3.91. The molecule has 2 N–H and O–H groups in total. The van der Waals surface area contributed by atoms with Crippen molar-refractivity contribution in [3.05, 3.63) is 22.2 Å². The van der Waals surface area contributed by atoms with Crippen LogP contribution in [0.2, 0.25) is 0 Å². The first-order valence-electron chi connectivity index (χ1n) is 6.06. The van der Waals surface area contributed by atoms with E-state index >= 15 is 0 Å². The van der Waals surface area contributed by atoms with Gasteiger partial charge in [-0.3, -0.25) is 4.79 Å². The molecule has 0 aliphatic carbocycles. The fourth-order valence-corrected chi connectivity index (χ4v) is 2.55. The molecule has 0 fully saturated rings. The highest BCUT2D eigenvalue weighted by Gasteiger charge is 2.32. The monoisotopic (exact) mass is 346 g/mol. The lowest BCUT2D eigenvalue weighted by atomic mass is 9.84. The maximum atomic E-state index is 11.1. The summed E-state index contributed by atoms with van der Waals surface area (Å²) in [5, 5.41) is 19.4. The number of hydrogen-bond donors (Lipinski definition) is 2. The minimum absolute atomic E-state index is 0.0808. The van der Waals surface area contributed by atoms with E-state index in [0.717, 1.165) is 0 Å². The number of methoxy groups -OCH3 is 2. The molecule has 0 aromatic heterocycles. The van der Waals surface area contributed by atoms with Crippen LogP contribution in [0.5, 0.6) is 11.5 Å². The number of aliphatic carboxylic acids is 1. The molecule has 1 aromatic carbocycles. The van der Waals surface area contributed by atoms with Crippen LogP contribution in [0.3, 0.4) is 0 Å². The maximum Gasteiger partial charge on any atom is 0.309 e. The van der Waals surface area contributed by atoms with Gasteiger partial charge in [0.2, 0.25) is 0 Å². The van der Waals surface area contributed by atoms with E-state index in [9.17, 15) is 9.90 Å². The van der Waals surface area contributed by atoms with Crippen molar-refractivity contribution < 1.29 is 24.5 Å². The number of aliphatic hydroxyl groups is 1. The van der Waals surface area contributed by atoms with Gasteiger partial charge in [0.15, 0.2) is 0 Å². The van der Waals surface area contributed by atoms with Crippen molar-refractivity contribution in [2.24, 2.45) is 5.41 Å². The van der Waals surface area contributed by atoms with Crippen LogP contribution in [0.25, 0.3) is 0 Å². The molecule has 5 nitrogen and oxygen atoms in total. The first-order chi connectivity index (χ1) is 9.24. The van der Waals surface area contributed by atoms with Gasteiger partial charge < -0.3 is 19.7 Å². The molecule has 6 heteroatoms. The molecule has 20 heavy (non-hydrogen) atoms. The number of hydrogen-bond acceptors (Lipinski definition) is 4. The number of carboxylic acid groups (broad SMARTS) is 1.